The number of nitrogens with one attached hydrogen (secondary N) is 1. The molecule has 1 fully saturated rings. The van der Waals surface area contributed by atoms with E-state index in [4.69, 9.17) is 4.74 Å². The summed E-state index contributed by atoms with van der Waals surface area (Å²) in [5, 5.41) is 8.79. The lowest BCUT2D eigenvalue weighted by Gasteiger charge is -2.35. The van der Waals surface area contributed by atoms with Gasteiger partial charge in [0.2, 0.25) is 6.41 Å². The number of anilines is 1. The second-order valence-electron chi connectivity index (χ2n) is 8.49. The number of benzene rings is 1. The van der Waals surface area contributed by atoms with Crippen molar-refractivity contribution in [3.8, 4) is 5.75 Å². The summed E-state index contributed by atoms with van der Waals surface area (Å²) >= 11 is 0. The first-order valence-electron chi connectivity index (χ1n) is 10.8. The third-order valence-corrected chi connectivity index (χ3v) is 6.43. The summed E-state index contributed by atoms with van der Waals surface area (Å²) in [6.45, 7) is 6.87. The van der Waals surface area contributed by atoms with Crippen LogP contribution in [0.15, 0.2) is 36.7 Å². The molecule has 8 nitrogen and oxygen atoms in total. The van der Waals surface area contributed by atoms with Crippen LogP contribution in [0.5, 0.6) is 5.75 Å². The van der Waals surface area contributed by atoms with E-state index in [-0.39, 0.29) is 6.04 Å². The smallest absolute Gasteiger partial charge is 0.210 e. The van der Waals surface area contributed by atoms with Gasteiger partial charge >= 0.3 is 0 Å². The molecule has 0 bridgehead atoms. The van der Waals surface area contributed by atoms with Gasteiger partial charge in [0.1, 0.15) is 12.4 Å². The van der Waals surface area contributed by atoms with E-state index in [1.165, 1.54) is 16.8 Å². The van der Waals surface area contributed by atoms with Crippen LogP contribution in [-0.4, -0.2) is 64.9 Å². The van der Waals surface area contributed by atoms with E-state index in [1.807, 2.05) is 35.1 Å². The molecule has 1 amide bonds. The fourth-order valence-electron chi connectivity index (χ4n) is 4.72. The molecule has 2 aliphatic rings. The van der Waals surface area contributed by atoms with E-state index >= 15 is 0 Å². The molecule has 0 radical (unpaired) electrons. The first-order chi connectivity index (χ1) is 15.1. The Morgan fingerprint density at radius 2 is 2.23 bits per heavy atom. The van der Waals surface area contributed by atoms with Gasteiger partial charge in [0.25, 0.3) is 0 Å². The number of hydrogen-bond acceptors (Lipinski definition) is 6. The molecular weight excluding hydrogens is 392 g/mol. The van der Waals surface area contributed by atoms with Gasteiger partial charge in [0.15, 0.2) is 5.65 Å². The number of piperazine rings is 1. The van der Waals surface area contributed by atoms with Gasteiger partial charge in [-0.05, 0) is 35.2 Å². The topological polar surface area (TPSA) is 75.5 Å². The Hall–Kier alpha value is -3.13. The summed E-state index contributed by atoms with van der Waals surface area (Å²) in [5.41, 5.74) is 4.73. The Balaban J connectivity index is 1.33. The third-order valence-electron chi connectivity index (χ3n) is 6.43. The second-order valence-corrected chi connectivity index (χ2v) is 8.49. The van der Waals surface area contributed by atoms with Gasteiger partial charge in [-0.3, -0.25) is 9.48 Å². The molecule has 2 atom stereocenters. The number of amides is 1. The maximum Gasteiger partial charge on any atom is 0.210 e. The van der Waals surface area contributed by atoms with Crippen molar-refractivity contribution in [3.05, 3.63) is 47.8 Å². The van der Waals surface area contributed by atoms with Crippen molar-refractivity contribution in [2.24, 2.45) is 7.05 Å². The first kappa shape index (κ1) is 19.8. The van der Waals surface area contributed by atoms with Crippen LogP contribution in [0.1, 0.15) is 24.0 Å². The van der Waals surface area contributed by atoms with Crippen LogP contribution < -0.4 is 15.0 Å². The quantitative estimate of drug-likeness (QED) is 0.636. The Bertz CT molecular complexity index is 1100. The second kappa shape index (κ2) is 8.19. The molecule has 2 aromatic heterocycles. The monoisotopic (exact) mass is 420 g/mol. The highest BCUT2D eigenvalue weighted by Crippen LogP contribution is 2.35. The molecule has 1 saturated heterocycles. The third kappa shape index (κ3) is 3.72. The highest BCUT2D eigenvalue weighted by molar-refractivity contribution is 5.89. The van der Waals surface area contributed by atoms with E-state index in [9.17, 15) is 4.79 Å². The van der Waals surface area contributed by atoms with Gasteiger partial charge in [-0.1, -0.05) is 13.0 Å². The van der Waals surface area contributed by atoms with Crippen molar-refractivity contribution < 1.29 is 9.53 Å². The maximum absolute atomic E-state index is 11.3. The number of aryl methyl sites for hydroxylation is 1. The van der Waals surface area contributed by atoms with Gasteiger partial charge in [0, 0.05) is 46.0 Å². The Morgan fingerprint density at radius 1 is 1.32 bits per heavy atom. The number of carbonyl (C=O) groups is 1. The van der Waals surface area contributed by atoms with Crippen LogP contribution in [0, 0.1) is 0 Å². The molecule has 0 saturated carbocycles. The summed E-state index contributed by atoms with van der Waals surface area (Å²) in [6, 6.07) is 8.54. The van der Waals surface area contributed by atoms with Crippen LogP contribution in [0.3, 0.4) is 0 Å². The zero-order chi connectivity index (χ0) is 21.4. The number of pyridine rings is 1. The Labute approximate surface area is 181 Å². The molecular formula is C23H28N6O2. The van der Waals surface area contributed by atoms with E-state index in [0.29, 0.717) is 12.5 Å². The van der Waals surface area contributed by atoms with Crippen LogP contribution in [-0.2, 0) is 18.4 Å². The summed E-state index contributed by atoms with van der Waals surface area (Å²) in [6.07, 6.45) is 4.69. The van der Waals surface area contributed by atoms with Gasteiger partial charge < -0.3 is 19.9 Å². The largest absolute Gasteiger partial charge is 0.491 e. The maximum atomic E-state index is 11.3. The molecule has 4 heterocycles. The van der Waals surface area contributed by atoms with Crippen molar-refractivity contribution >= 4 is 23.1 Å². The van der Waals surface area contributed by atoms with Crippen LogP contribution in [0.25, 0.3) is 11.0 Å². The van der Waals surface area contributed by atoms with Gasteiger partial charge in [-0.15, -0.1) is 0 Å². The molecule has 1 unspecified atom stereocenters. The molecule has 31 heavy (non-hydrogen) atoms. The zero-order valence-electron chi connectivity index (χ0n) is 18.0. The minimum absolute atomic E-state index is 0.0729. The first-order valence-corrected chi connectivity index (χ1v) is 10.8. The number of ether oxygens (including phenoxy) is 1. The van der Waals surface area contributed by atoms with Crippen molar-refractivity contribution in [2.75, 3.05) is 37.7 Å². The Kier molecular flexibility index (Phi) is 5.23. The minimum atomic E-state index is 0.0729. The van der Waals surface area contributed by atoms with Crippen LogP contribution in [0.2, 0.25) is 0 Å². The van der Waals surface area contributed by atoms with E-state index in [0.717, 1.165) is 55.9 Å². The molecule has 162 valence electrons. The molecule has 2 aliphatic heterocycles. The summed E-state index contributed by atoms with van der Waals surface area (Å²) in [7, 11) is 1.92. The van der Waals surface area contributed by atoms with E-state index < -0.39 is 0 Å². The number of fused-ring (bicyclic) bond motifs is 2. The highest BCUT2D eigenvalue weighted by atomic mass is 16.5. The van der Waals surface area contributed by atoms with Gasteiger partial charge in [-0.25, -0.2) is 4.98 Å². The van der Waals surface area contributed by atoms with Gasteiger partial charge in [-0.2, -0.15) is 5.10 Å². The standard InChI is InChI=1S/C23H28N6O2/c1-16-12-29(22-5-6-25-23-21(22)11-26-27(23)2)13-17-3-4-19(9-20(16)17)31-14-18-10-24-7-8-28(18)15-30/h3-6,9,11,15-16,18,24H,7-8,10,12-14H2,1-2H3/t16-,18?/m0/s1. The fraction of sp³-hybridized carbons (Fsp3) is 0.435. The van der Waals surface area contributed by atoms with E-state index in [2.05, 4.69) is 45.4 Å². The van der Waals surface area contributed by atoms with Crippen LogP contribution in [0.4, 0.5) is 5.69 Å². The van der Waals surface area contributed by atoms with Gasteiger partial charge in [0.05, 0.1) is 23.3 Å². The number of nitrogens with zero attached hydrogens (tertiary/aromatic N) is 5. The number of hydrogen-bond donors (Lipinski definition) is 1. The SMILES string of the molecule is C[C@H]1CN(c2ccnc3c2cnn3C)Cc2ccc(OCC3CNCCN3C=O)cc21. The van der Waals surface area contributed by atoms with Crippen molar-refractivity contribution in [1.29, 1.82) is 0 Å². The lowest BCUT2D eigenvalue weighted by atomic mass is 9.90. The molecule has 1 N–H and O–H groups in total. The Morgan fingerprint density at radius 3 is 3.10 bits per heavy atom. The van der Waals surface area contributed by atoms with Crippen molar-refractivity contribution in [1.82, 2.24) is 25.0 Å². The lowest BCUT2D eigenvalue weighted by molar-refractivity contribution is -0.121. The molecule has 1 aromatic carbocycles. The van der Waals surface area contributed by atoms with E-state index in [1.54, 1.807) is 0 Å². The molecule has 3 aromatic rings. The number of aromatic nitrogens is 3. The molecule has 0 aliphatic carbocycles. The average molecular weight is 421 g/mol. The predicted octanol–water partition coefficient (Wildman–Crippen LogP) is 1.90. The molecule has 0 spiro atoms. The number of rotatable bonds is 5. The van der Waals surface area contributed by atoms with Crippen molar-refractivity contribution in [2.45, 2.75) is 25.4 Å². The summed E-state index contributed by atoms with van der Waals surface area (Å²) in [4.78, 5) is 20.0. The van der Waals surface area contributed by atoms with Crippen molar-refractivity contribution in [3.63, 3.8) is 0 Å². The highest BCUT2D eigenvalue weighted by Gasteiger charge is 2.25. The lowest BCUT2D eigenvalue weighted by Crippen LogP contribution is -2.53. The predicted molar refractivity (Wildman–Crippen MR) is 119 cm³/mol. The zero-order valence-corrected chi connectivity index (χ0v) is 18.0. The number of carbonyl (C=O) groups excluding carboxylic acids is 1. The summed E-state index contributed by atoms with van der Waals surface area (Å²) < 4.78 is 7.91. The summed E-state index contributed by atoms with van der Waals surface area (Å²) in [5.74, 6) is 1.24. The average Bonchev–Trinajstić information content (AvgIpc) is 3.19. The van der Waals surface area contributed by atoms with Crippen LogP contribution >= 0.6 is 0 Å². The fourth-order valence-corrected chi connectivity index (χ4v) is 4.72. The normalized spacial score (nSPS) is 21.2. The minimum Gasteiger partial charge on any atom is -0.491 e. The molecule has 5 rings (SSSR count). The molecule has 8 heteroatoms.